The normalized spacial score (nSPS) is 10.6. The van der Waals surface area contributed by atoms with Gasteiger partial charge in [-0.25, -0.2) is 9.59 Å². The SMILES string of the molecule is CC(C)OC(=O)Nc1cc2ccccc2cc1C(=O)O. The van der Waals surface area contributed by atoms with Crippen molar-refractivity contribution in [2.75, 3.05) is 5.32 Å². The molecule has 0 aliphatic heterocycles. The fourth-order valence-corrected chi connectivity index (χ4v) is 1.87. The van der Waals surface area contributed by atoms with E-state index in [0.717, 1.165) is 10.8 Å². The summed E-state index contributed by atoms with van der Waals surface area (Å²) in [6.07, 6.45) is -0.943. The molecular weight excluding hydrogens is 258 g/mol. The lowest BCUT2D eigenvalue weighted by Gasteiger charge is -2.12. The molecule has 2 aromatic carbocycles. The lowest BCUT2D eigenvalue weighted by molar-refractivity contribution is 0.0698. The molecule has 0 saturated heterocycles. The standard InChI is InChI=1S/C15H15NO4/c1-9(2)20-15(19)16-13-8-11-6-4-3-5-10(11)7-12(13)14(17)18/h3-9H,1-2H3,(H,16,19)(H,17,18). The third-order valence-electron chi connectivity index (χ3n) is 2.70. The Hall–Kier alpha value is -2.56. The molecule has 0 bridgehead atoms. The van der Waals surface area contributed by atoms with E-state index < -0.39 is 12.1 Å². The van der Waals surface area contributed by atoms with Gasteiger partial charge in [-0.05, 0) is 36.8 Å². The highest BCUT2D eigenvalue weighted by atomic mass is 16.6. The zero-order valence-corrected chi connectivity index (χ0v) is 11.2. The number of ether oxygens (including phenoxy) is 1. The number of benzene rings is 2. The van der Waals surface area contributed by atoms with Crippen molar-refractivity contribution in [3.63, 3.8) is 0 Å². The lowest BCUT2D eigenvalue weighted by atomic mass is 10.0. The molecule has 0 aromatic heterocycles. The predicted octanol–water partition coefficient (Wildman–Crippen LogP) is 3.49. The van der Waals surface area contributed by atoms with Crippen LogP contribution in [0.2, 0.25) is 0 Å². The number of hydrogen-bond acceptors (Lipinski definition) is 3. The number of carbonyl (C=O) groups excluding carboxylic acids is 1. The molecule has 0 aliphatic rings. The molecule has 0 atom stereocenters. The highest BCUT2D eigenvalue weighted by molar-refractivity contribution is 6.04. The summed E-state index contributed by atoms with van der Waals surface area (Å²) in [4.78, 5) is 22.9. The van der Waals surface area contributed by atoms with Crippen LogP contribution in [0.3, 0.4) is 0 Å². The van der Waals surface area contributed by atoms with Crippen LogP contribution in [0, 0.1) is 0 Å². The summed E-state index contributed by atoms with van der Waals surface area (Å²) in [6, 6.07) is 10.5. The van der Waals surface area contributed by atoms with Gasteiger partial charge in [0.05, 0.1) is 17.4 Å². The maximum atomic E-state index is 11.6. The predicted molar refractivity (Wildman–Crippen MR) is 76.1 cm³/mol. The summed E-state index contributed by atoms with van der Waals surface area (Å²) in [7, 11) is 0. The quantitative estimate of drug-likeness (QED) is 0.897. The van der Waals surface area contributed by atoms with Gasteiger partial charge in [0.15, 0.2) is 0 Å². The van der Waals surface area contributed by atoms with E-state index in [1.165, 1.54) is 6.07 Å². The van der Waals surface area contributed by atoms with E-state index in [2.05, 4.69) is 5.32 Å². The van der Waals surface area contributed by atoms with Gasteiger partial charge in [-0.2, -0.15) is 0 Å². The number of carbonyl (C=O) groups is 2. The molecule has 5 nitrogen and oxygen atoms in total. The molecule has 2 aromatic rings. The van der Waals surface area contributed by atoms with Crippen molar-refractivity contribution in [3.05, 3.63) is 42.0 Å². The maximum absolute atomic E-state index is 11.6. The summed E-state index contributed by atoms with van der Waals surface area (Å²) in [6.45, 7) is 3.44. The molecule has 2 rings (SSSR count). The number of fused-ring (bicyclic) bond motifs is 1. The first-order chi connectivity index (χ1) is 9.47. The Kier molecular flexibility index (Phi) is 3.89. The lowest BCUT2D eigenvalue weighted by Crippen LogP contribution is -2.19. The van der Waals surface area contributed by atoms with Crippen LogP contribution in [0.4, 0.5) is 10.5 Å². The van der Waals surface area contributed by atoms with Crippen LogP contribution >= 0.6 is 0 Å². The van der Waals surface area contributed by atoms with Crippen molar-refractivity contribution >= 4 is 28.5 Å². The first-order valence-corrected chi connectivity index (χ1v) is 6.21. The van der Waals surface area contributed by atoms with Gasteiger partial charge in [0.1, 0.15) is 0 Å². The summed E-state index contributed by atoms with van der Waals surface area (Å²) in [5.74, 6) is -1.10. The number of carboxylic acids is 1. The summed E-state index contributed by atoms with van der Waals surface area (Å²) < 4.78 is 4.96. The minimum atomic E-state index is -1.10. The van der Waals surface area contributed by atoms with E-state index in [4.69, 9.17) is 4.74 Å². The van der Waals surface area contributed by atoms with Crippen molar-refractivity contribution in [1.29, 1.82) is 0 Å². The largest absolute Gasteiger partial charge is 0.478 e. The highest BCUT2D eigenvalue weighted by Crippen LogP contribution is 2.24. The molecule has 0 radical (unpaired) electrons. The minimum Gasteiger partial charge on any atom is -0.478 e. The number of aromatic carboxylic acids is 1. The van der Waals surface area contributed by atoms with Crippen molar-refractivity contribution in [2.45, 2.75) is 20.0 Å². The van der Waals surface area contributed by atoms with Gasteiger partial charge < -0.3 is 9.84 Å². The van der Waals surface area contributed by atoms with Crippen LogP contribution < -0.4 is 5.32 Å². The summed E-state index contributed by atoms with van der Waals surface area (Å²) in [5.41, 5.74) is 0.256. The number of hydrogen-bond donors (Lipinski definition) is 2. The van der Waals surface area contributed by atoms with Crippen LogP contribution in [0.1, 0.15) is 24.2 Å². The zero-order chi connectivity index (χ0) is 14.7. The van der Waals surface area contributed by atoms with Gasteiger partial charge in [0.2, 0.25) is 0 Å². The fraction of sp³-hybridized carbons (Fsp3) is 0.200. The highest BCUT2D eigenvalue weighted by Gasteiger charge is 2.15. The van der Waals surface area contributed by atoms with Gasteiger partial charge in [0, 0.05) is 0 Å². The van der Waals surface area contributed by atoms with Crippen molar-refractivity contribution in [1.82, 2.24) is 0 Å². The number of amides is 1. The monoisotopic (exact) mass is 273 g/mol. The Morgan fingerprint density at radius 2 is 1.75 bits per heavy atom. The molecule has 1 amide bonds. The van der Waals surface area contributed by atoms with Crippen molar-refractivity contribution in [3.8, 4) is 0 Å². The third-order valence-corrected chi connectivity index (χ3v) is 2.70. The van der Waals surface area contributed by atoms with Gasteiger partial charge >= 0.3 is 12.1 Å². The summed E-state index contributed by atoms with van der Waals surface area (Å²) in [5, 5.41) is 13.3. The van der Waals surface area contributed by atoms with Crippen LogP contribution in [0.25, 0.3) is 10.8 Å². The molecule has 0 fully saturated rings. The number of nitrogens with one attached hydrogen (secondary N) is 1. The van der Waals surface area contributed by atoms with Gasteiger partial charge in [-0.15, -0.1) is 0 Å². The number of rotatable bonds is 3. The number of carboxylic acid groups (broad SMARTS) is 1. The van der Waals surface area contributed by atoms with E-state index in [0.29, 0.717) is 0 Å². The number of anilines is 1. The Morgan fingerprint density at radius 3 is 2.30 bits per heavy atom. The second kappa shape index (κ2) is 5.61. The third kappa shape index (κ3) is 3.06. The molecule has 5 heteroatoms. The smallest absolute Gasteiger partial charge is 0.411 e. The van der Waals surface area contributed by atoms with Gasteiger partial charge in [0.25, 0.3) is 0 Å². The molecule has 2 N–H and O–H groups in total. The minimum absolute atomic E-state index is 0.0319. The van der Waals surface area contributed by atoms with Gasteiger partial charge in [-0.3, -0.25) is 5.32 Å². The molecule has 20 heavy (non-hydrogen) atoms. The van der Waals surface area contributed by atoms with E-state index >= 15 is 0 Å². The topological polar surface area (TPSA) is 75.6 Å². The Labute approximate surface area is 116 Å². The second-order valence-electron chi connectivity index (χ2n) is 4.63. The van der Waals surface area contributed by atoms with E-state index in [9.17, 15) is 14.7 Å². The average Bonchev–Trinajstić information content (AvgIpc) is 2.36. The van der Waals surface area contributed by atoms with Gasteiger partial charge in [-0.1, -0.05) is 24.3 Å². The molecular formula is C15H15NO4. The fourth-order valence-electron chi connectivity index (χ4n) is 1.87. The average molecular weight is 273 g/mol. The Morgan fingerprint density at radius 1 is 1.15 bits per heavy atom. The van der Waals surface area contributed by atoms with Crippen LogP contribution in [0.5, 0.6) is 0 Å². The van der Waals surface area contributed by atoms with E-state index in [1.807, 2.05) is 24.3 Å². The van der Waals surface area contributed by atoms with Crippen LogP contribution in [-0.4, -0.2) is 23.3 Å². The van der Waals surface area contributed by atoms with E-state index in [-0.39, 0.29) is 17.4 Å². The molecule has 0 aliphatic carbocycles. The maximum Gasteiger partial charge on any atom is 0.411 e. The summed E-state index contributed by atoms with van der Waals surface area (Å²) >= 11 is 0. The molecule has 0 unspecified atom stereocenters. The Bertz CT molecular complexity index is 664. The first kappa shape index (κ1) is 13.9. The van der Waals surface area contributed by atoms with Crippen LogP contribution in [-0.2, 0) is 4.74 Å². The Balaban J connectivity index is 2.42. The second-order valence-corrected chi connectivity index (χ2v) is 4.63. The molecule has 0 spiro atoms. The molecule has 0 heterocycles. The molecule has 104 valence electrons. The molecule has 0 saturated carbocycles. The first-order valence-electron chi connectivity index (χ1n) is 6.21. The van der Waals surface area contributed by atoms with Crippen molar-refractivity contribution < 1.29 is 19.4 Å². The zero-order valence-electron chi connectivity index (χ0n) is 11.2. The van der Waals surface area contributed by atoms with Crippen LogP contribution in [0.15, 0.2) is 36.4 Å². The van der Waals surface area contributed by atoms with Crippen molar-refractivity contribution in [2.24, 2.45) is 0 Å². The van der Waals surface area contributed by atoms with E-state index in [1.54, 1.807) is 19.9 Å².